The van der Waals surface area contributed by atoms with Crippen molar-refractivity contribution in [1.29, 1.82) is 0 Å². The fraction of sp³-hybridized carbons (Fsp3) is 0.632. The number of nitrogens with two attached hydrogens (primary N) is 2. The first-order valence-electron chi connectivity index (χ1n) is 8.96. The lowest BCUT2D eigenvalue weighted by Gasteiger charge is -2.09. The van der Waals surface area contributed by atoms with Gasteiger partial charge in [-0.3, -0.25) is 0 Å². The average Bonchev–Trinajstić information content (AvgIpc) is 2.51. The minimum absolute atomic E-state index is 0.486. The Morgan fingerprint density at radius 3 is 1.83 bits per heavy atom. The molecule has 0 amide bonds. The molecule has 0 aliphatic heterocycles. The fourth-order valence-corrected chi connectivity index (χ4v) is 2.83. The summed E-state index contributed by atoms with van der Waals surface area (Å²) in [5.74, 6) is 0. The Balaban J connectivity index is 2.01. The maximum Gasteiger partial charge on any atom is 0.191 e. The first-order valence-corrected chi connectivity index (χ1v) is 9.37. The maximum atomic E-state index is 5.76. The first-order chi connectivity index (χ1) is 11.1. The molecule has 23 heavy (non-hydrogen) atoms. The van der Waals surface area contributed by atoms with Crippen molar-refractivity contribution >= 4 is 28.6 Å². The Morgan fingerprint density at radius 2 is 1.30 bits per heavy atom. The zero-order valence-electron chi connectivity index (χ0n) is 14.5. The molecule has 4 N–H and O–H groups in total. The van der Waals surface area contributed by atoms with Crippen LogP contribution < -0.4 is 11.5 Å². The van der Waals surface area contributed by atoms with Crippen LogP contribution in [-0.4, -0.2) is 11.7 Å². The lowest BCUT2D eigenvalue weighted by Crippen LogP contribution is -2.06. The van der Waals surface area contributed by atoms with Gasteiger partial charge in [0.15, 0.2) is 5.05 Å². The summed E-state index contributed by atoms with van der Waals surface area (Å²) < 4.78 is 5.63. The number of ether oxygens (including phenoxy) is 1. The monoisotopic (exact) mass is 336 g/mol. The summed E-state index contributed by atoms with van der Waals surface area (Å²) in [6, 6.07) is 5.32. The van der Waals surface area contributed by atoms with E-state index in [1.54, 1.807) is 18.2 Å². The molecule has 4 heteroatoms. The van der Waals surface area contributed by atoms with Crippen LogP contribution in [0.4, 0.5) is 11.4 Å². The molecule has 0 heterocycles. The summed E-state index contributed by atoms with van der Waals surface area (Å²) in [5.41, 5.74) is 13.6. The van der Waals surface area contributed by atoms with Crippen molar-refractivity contribution in [3.8, 4) is 0 Å². The number of rotatable bonds is 12. The molecule has 0 unspecified atom stereocenters. The molecular weight excluding hydrogens is 304 g/mol. The minimum atomic E-state index is 0.486. The third-order valence-corrected chi connectivity index (χ3v) is 4.30. The molecule has 0 spiro atoms. The Bertz CT molecular complexity index is 442. The van der Waals surface area contributed by atoms with Gasteiger partial charge >= 0.3 is 0 Å². The number of unbranched alkanes of at least 4 members (excludes halogenated alkanes) is 9. The van der Waals surface area contributed by atoms with Crippen molar-refractivity contribution < 1.29 is 4.74 Å². The molecule has 0 saturated carbocycles. The SMILES string of the molecule is CCCCCCCCCCCCOC(=S)c1cc(N)cc(N)c1. The van der Waals surface area contributed by atoms with E-state index < -0.39 is 0 Å². The first kappa shape index (κ1) is 19.8. The largest absolute Gasteiger partial charge is 0.483 e. The van der Waals surface area contributed by atoms with Crippen LogP contribution in [0, 0.1) is 0 Å². The number of benzene rings is 1. The Hall–Kier alpha value is -1.29. The molecule has 0 aromatic heterocycles. The standard InChI is InChI=1S/C19H32N2OS/c1-2-3-4-5-6-7-8-9-10-11-12-22-19(23)16-13-17(20)15-18(21)14-16/h13-15H,2-12,20-21H2,1H3. The smallest absolute Gasteiger partial charge is 0.191 e. The van der Waals surface area contributed by atoms with E-state index in [1.807, 2.05) is 0 Å². The molecule has 0 atom stereocenters. The molecule has 0 aliphatic rings. The summed E-state index contributed by atoms with van der Waals surface area (Å²) >= 11 is 5.28. The van der Waals surface area contributed by atoms with Gasteiger partial charge in [-0.05, 0) is 36.8 Å². The highest BCUT2D eigenvalue weighted by atomic mass is 32.1. The van der Waals surface area contributed by atoms with Crippen LogP contribution in [0.15, 0.2) is 18.2 Å². The Morgan fingerprint density at radius 1 is 0.826 bits per heavy atom. The Labute approximate surface area is 146 Å². The highest BCUT2D eigenvalue weighted by Crippen LogP contribution is 2.16. The van der Waals surface area contributed by atoms with Gasteiger partial charge in [0.05, 0.1) is 6.61 Å². The van der Waals surface area contributed by atoms with Gasteiger partial charge in [0, 0.05) is 16.9 Å². The molecule has 0 bridgehead atoms. The number of anilines is 2. The maximum absolute atomic E-state index is 5.76. The normalized spacial score (nSPS) is 10.7. The number of nitrogen functional groups attached to an aromatic ring is 2. The van der Waals surface area contributed by atoms with Gasteiger partial charge in [0.1, 0.15) is 0 Å². The van der Waals surface area contributed by atoms with Crippen LogP contribution in [0.2, 0.25) is 0 Å². The van der Waals surface area contributed by atoms with E-state index in [9.17, 15) is 0 Å². The summed E-state index contributed by atoms with van der Waals surface area (Å²) in [5, 5.41) is 0.486. The van der Waals surface area contributed by atoms with Crippen molar-refractivity contribution in [3.05, 3.63) is 23.8 Å². The van der Waals surface area contributed by atoms with Crippen LogP contribution in [0.5, 0.6) is 0 Å². The van der Waals surface area contributed by atoms with Gasteiger partial charge in [-0.25, -0.2) is 0 Å². The molecule has 130 valence electrons. The van der Waals surface area contributed by atoms with Crippen molar-refractivity contribution in [2.24, 2.45) is 0 Å². The zero-order chi connectivity index (χ0) is 16.9. The second kappa shape index (κ2) is 12.2. The van der Waals surface area contributed by atoms with Crippen molar-refractivity contribution in [2.75, 3.05) is 18.1 Å². The van der Waals surface area contributed by atoms with E-state index in [4.69, 9.17) is 28.4 Å². The predicted octanol–water partition coefficient (Wildman–Crippen LogP) is 5.46. The second-order valence-corrected chi connectivity index (χ2v) is 6.58. The third-order valence-electron chi connectivity index (χ3n) is 3.94. The van der Waals surface area contributed by atoms with Crippen LogP contribution in [0.1, 0.15) is 76.7 Å². The summed E-state index contributed by atoms with van der Waals surface area (Å²) in [6.07, 6.45) is 13.1. The van der Waals surface area contributed by atoms with Crippen molar-refractivity contribution in [2.45, 2.75) is 71.1 Å². The summed E-state index contributed by atoms with van der Waals surface area (Å²) in [6.45, 7) is 2.93. The van der Waals surface area contributed by atoms with Gasteiger partial charge < -0.3 is 16.2 Å². The number of thiocarbonyl (C=S) groups is 1. The van der Waals surface area contributed by atoms with E-state index in [0.29, 0.717) is 23.0 Å². The van der Waals surface area contributed by atoms with Gasteiger partial charge in [-0.1, -0.05) is 64.7 Å². The van der Waals surface area contributed by atoms with E-state index >= 15 is 0 Å². The molecule has 0 aliphatic carbocycles. The quantitative estimate of drug-likeness (QED) is 0.302. The summed E-state index contributed by atoms with van der Waals surface area (Å²) in [7, 11) is 0. The fourth-order valence-electron chi connectivity index (χ4n) is 2.63. The molecule has 0 radical (unpaired) electrons. The van der Waals surface area contributed by atoms with Crippen molar-refractivity contribution in [1.82, 2.24) is 0 Å². The van der Waals surface area contributed by atoms with Crippen molar-refractivity contribution in [3.63, 3.8) is 0 Å². The highest BCUT2D eigenvalue weighted by molar-refractivity contribution is 7.80. The Kier molecular flexibility index (Phi) is 10.5. The lowest BCUT2D eigenvalue weighted by molar-refractivity contribution is 0.300. The lowest BCUT2D eigenvalue weighted by atomic mass is 10.1. The zero-order valence-corrected chi connectivity index (χ0v) is 15.3. The van der Waals surface area contributed by atoms with Crippen LogP contribution in [-0.2, 0) is 4.74 Å². The van der Waals surface area contributed by atoms with Gasteiger partial charge in [0.2, 0.25) is 0 Å². The minimum Gasteiger partial charge on any atom is -0.483 e. The van der Waals surface area contributed by atoms with Gasteiger partial charge in [-0.2, -0.15) is 0 Å². The molecule has 1 aromatic rings. The molecular formula is C19H32N2OS. The summed E-state index contributed by atoms with van der Waals surface area (Å²) in [4.78, 5) is 0. The number of hydrogen-bond donors (Lipinski definition) is 2. The van der Waals surface area contributed by atoms with Gasteiger partial charge in [-0.15, -0.1) is 0 Å². The molecule has 1 aromatic carbocycles. The van der Waals surface area contributed by atoms with Gasteiger partial charge in [0.25, 0.3) is 0 Å². The highest BCUT2D eigenvalue weighted by Gasteiger charge is 2.04. The average molecular weight is 337 g/mol. The predicted molar refractivity (Wildman–Crippen MR) is 105 cm³/mol. The van der Waals surface area contributed by atoms with E-state index in [0.717, 1.165) is 12.0 Å². The van der Waals surface area contributed by atoms with Crippen LogP contribution in [0.25, 0.3) is 0 Å². The second-order valence-electron chi connectivity index (χ2n) is 6.21. The number of hydrogen-bond acceptors (Lipinski definition) is 4. The molecule has 1 rings (SSSR count). The third kappa shape index (κ3) is 9.44. The molecule has 0 fully saturated rings. The molecule has 3 nitrogen and oxygen atoms in total. The van der Waals surface area contributed by atoms with E-state index in [1.165, 1.54) is 57.8 Å². The topological polar surface area (TPSA) is 61.3 Å². The van der Waals surface area contributed by atoms with Crippen LogP contribution >= 0.6 is 12.2 Å². The molecule has 0 saturated heterocycles. The van der Waals surface area contributed by atoms with Crippen LogP contribution in [0.3, 0.4) is 0 Å². The van der Waals surface area contributed by atoms with E-state index in [2.05, 4.69) is 6.92 Å². The van der Waals surface area contributed by atoms with E-state index in [-0.39, 0.29) is 0 Å².